The quantitative estimate of drug-likeness (QED) is 0.486. The molecule has 3 heteroatoms. The first-order valence-corrected chi connectivity index (χ1v) is 11.0. The van der Waals surface area contributed by atoms with E-state index in [-0.39, 0.29) is 11.1 Å². The molecule has 112 valence electrons. The molecule has 1 atom stereocenters. The maximum atomic E-state index is 6.30. The molecule has 0 aliphatic heterocycles. The maximum Gasteiger partial charge on any atom is 0.192 e. The SMILES string of the molecule is Cc1ccc(S/C=C/C(C)O[Si](C)(C)C(C)(C)C)cc1. The van der Waals surface area contributed by atoms with Crippen LogP contribution >= 0.6 is 11.8 Å². The molecule has 0 saturated heterocycles. The van der Waals surface area contributed by atoms with E-state index in [1.165, 1.54) is 10.5 Å². The van der Waals surface area contributed by atoms with Gasteiger partial charge in [-0.15, -0.1) is 0 Å². The molecule has 1 nitrogen and oxygen atoms in total. The van der Waals surface area contributed by atoms with Crippen LogP contribution in [0, 0.1) is 6.92 Å². The third kappa shape index (κ3) is 5.47. The van der Waals surface area contributed by atoms with E-state index < -0.39 is 8.32 Å². The summed E-state index contributed by atoms with van der Waals surface area (Å²) in [6, 6.07) is 8.60. The van der Waals surface area contributed by atoms with Crippen LogP contribution in [0.3, 0.4) is 0 Å². The van der Waals surface area contributed by atoms with Crippen molar-refractivity contribution < 1.29 is 4.43 Å². The summed E-state index contributed by atoms with van der Waals surface area (Å²) < 4.78 is 6.30. The van der Waals surface area contributed by atoms with E-state index in [4.69, 9.17) is 4.43 Å². The van der Waals surface area contributed by atoms with Crippen molar-refractivity contribution in [2.24, 2.45) is 0 Å². The highest BCUT2D eigenvalue weighted by Crippen LogP contribution is 2.37. The molecule has 0 aromatic heterocycles. The average molecular weight is 309 g/mol. The summed E-state index contributed by atoms with van der Waals surface area (Å²) in [5, 5.41) is 2.40. The molecule has 0 aliphatic rings. The molecule has 0 amide bonds. The molecule has 0 spiro atoms. The van der Waals surface area contributed by atoms with Gasteiger partial charge in [-0.25, -0.2) is 0 Å². The normalized spacial score (nSPS) is 14.8. The average Bonchev–Trinajstić information content (AvgIpc) is 2.29. The topological polar surface area (TPSA) is 9.23 Å². The van der Waals surface area contributed by atoms with E-state index in [2.05, 4.69) is 83.5 Å². The molecule has 0 heterocycles. The highest BCUT2D eigenvalue weighted by atomic mass is 32.2. The lowest BCUT2D eigenvalue weighted by molar-refractivity contribution is 0.243. The first-order valence-electron chi connectivity index (χ1n) is 7.20. The largest absolute Gasteiger partial charge is 0.411 e. The second-order valence-corrected chi connectivity index (χ2v) is 12.6. The summed E-state index contributed by atoms with van der Waals surface area (Å²) in [4.78, 5) is 1.27. The molecule has 0 N–H and O–H groups in total. The highest BCUT2D eigenvalue weighted by molar-refractivity contribution is 8.02. The molecule has 1 aromatic carbocycles. The summed E-state index contributed by atoms with van der Waals surface area (Å²) in [6.45, 7) is 15.7. The molecule has 1 rings (SSSR count). The fourth-order valence-corrected chi connectivity index (χ4v) is 3.64. The fourth-order valence-electron chi connectivity index (χ4n) is 1.53. The number of hydrogen-bond acceptors (Lipinski definition) is 2. The van der Waals surface area contributed by atoms with Gasteiger partial charge >= 0.3 is 0 Å². The summed E-state index contributed by atoms with van der Waals surface area (Å²) in [7, 11) is -1.67. The Bertz CT molecular complexity index is 443. The minimum atomic E-state index is -1.67. The van der Waals surface area contributed by atoms with Gasteiger partial charge in [-0.05, 0) is 49.5 Å². The smallest absolute Gasteiger partial charge is 0.192 e. The van der Waals surface area contributed by atoms with Gasteiger partial charge in [0, 0.05) is 4.90 Å². The van der Waals surface area contributed by atoms with E-state index in [1.807, 2.05) is 0 Å². The molecule has 0 saturated carbocycles. The lowest BCUT2D eigenvalue weighted by Crippen LogP contribution is -2.42. The van der Waals surface area contributed by atoms with Crippen LogP contribution in [-0.2, 0) is 4.43 Å². The number of rotatable bonds is 5. The molecule has 0 bridgehead atoms. The third-order valence-corrected chi connectivity index (χ3v) is 9.27. The molecular formula is C17H28OSSi. The van der Waals surface area contributed by atoms with Crippen molar-refractivity contribution in [1.82, 2.24) is 0 Å². The molecule has 0 radical (unpaired) electrons. The lowest BCUT2D eigenvalue weighted by atomic mass is 10.2. The van der Waals surface area contributed by atoms with Crippen LogP contribution in [0.1, 0.15) is 33.3 Å². The van der Waals surface area contributed by atoms with Gasteiger partial charge in [-0.3, -0.25) is 0 Å². The van der Waals surface area contributed by atoms with Crippen molar-refractivity contribution in [3.05, 3.63) is 41.3 Å². The Morgan fingerprint density at radius 2 is 1.70 bits per heavy atom. The number of benzene rings is 1. The second kappa shape index (κ2) is 6.97. The van der Waals surface area contributed by atoms with Crippen molar-refractivity contribution in [3.8, 4) is 0 Å². The van der Waals surface area contributed by atoms with Crippen LogP contribution in [0.15, 0.2) is 40.6 Å². The minimum absolute atomic E-state index is 0.175. The van der Waals surface area contributed by atoms with E-state index in [9.17, 15) is 0 Å². The molecule has 20 heavy (non-hydrogen) atoms. The van der Waals surface area contributed by atoms with E-state index >= 15 is 0 Å². The zero-order valence-electron chi connectivity index (χ0n) is 13.9. The van der Waals surface area contributed by atoms with Crippen molar-refractivity contribution >= 4 is 20.1 Å². The Morgan fingerprint density at radius 1 is 1.15 bits per heavy atom. The number of hydrogen-bond donors (Lipinski definition) is 0. The van der Waals surface area contributed by atoms with E-state index in [0.29, 0.717) is 0 Å². The van der Waals surface area contributed by atoms with Crippen LogP contribution in [0.4, 0.5) is 0 Å². The maximum absolute atomic E-state index is 6.30. The first kappa shape index (κ1) is 17.5. The van der Waals surface area contributed by atoms with E-state index in [1.54, 1.807) is 11.8 Å². The van der Waals surface area contributed by atoms with Crippen LogP contribution in [0.2, 0.25) is 18.1 Å². The first-order chi connectivity index (χ1) is 9.12. The van der Waals surface area contributed by atoms with Gasteiger partial charge in [0.25, 0.3) is 0 Å². The Hall–Kier alpha value is -0.513. The Kier molecular flexibility index (Phi) is 6.11. The highest BCUT2D eigenvalue weighted by Gasteiger charge is 2.37. The van der Waals surface area contributed by atoms with Gasteiger partial charge in [-0.1, -0.05) is 56.3 Å². The molecule has 1 unspecified atom stereocenters. The van der Waals surface area contributed by atoms with Crippen LogP contribution in [0.5, 0.6) is 0 Å². The van der Waals surface area contributed by atoms with Gasteiger partial charge in [0.2, 0.25) is 0 Å². The van der Waals surface area contributed by atoms with Gasteiger partial charge in [-0.2, -0.15) is 0 Å². The fraction of sp³-hybridized carbons (Fsp3) is 0.529. The summed E-state index contributed by atoms with van der Waals surface area (Å²) in [5.41, 5.74) is 1.30. The van der Waals surface area contributed by atoms with Crippen molar-refractivity contribution in [1.29, 1.82) is 0 Å². The summed E-state index contributed by atoms with van der Waals surface area (Å²) >= 11 is 1.75. The molecular weight excluding hydrogens is 280 g/mol. The van der Waals surface area contributed by atoms with Gasteiger partial charge in [0.15, 0.2) is 8.32 Å². The minimum Gasteiger partial charge on any atom is -0.411 e. The zero-order valence-corrected chi connectivity index (χ0v) is 15.7. The lowest BCUT2D eigenvalue weighted by Gasteiger charge is -2.37. The summed E-state index contributed by atoms with van der Waals surface area (Å²) in [5.74, 6) is 0. The van der Waals surface area contributed by atoms with E-state index in [0.717, 1.165) is 0 Å². The van der Waals surface area contributed by atoms with Gasteiger partial charge in [0.05, 0.1) is 6.10 Å². The molecule has 0 aliphatic carbocycles. The Morgan fingerprint density at radius 3 is 2.20 bits per heavy atom. The Balaban J connectivity index is 2.52. The third-order valence-electron chi connectivity index (χ3n) is 3.86. The van der Waals surface area contributed by atoms with Crippen LogP contribution < -0.4 is 0 Å². The summed E-state index contributed by atoms with van der Waals surface area (Å²) in [6.07, 6.45) is 2.33. The monoisotopic (exact) mass is 308 g/mol. The standard InChI is InChI=1S/C17H28OSSi/c1-14-8-10-16(11-9-14)19-13-12-15(2)18-20(6,7)17(3,4)5/h8-13,15H,1-7H3/b13-12+. The zero-order chi connectivity index (χ0) is 15.4. The van der Waals surface area contributed by atoms with Gasteiger partial charge < -0.3 is 4.43 Å². The second-order valence-electron chi connectivity index (χ2n) is 6.84. The van der Waals surface area contributed by atoms with Crippen molar-refractivity contribution in [2.75, 3.05) is 0 Å². The van der Waals surface area contributed by atoms with Crippen molar-refractivity contribution in [2.45, 2.75) is 63.8 Å². The molecule has 1 aromatic rings. The number of thioether (sulfide) groups is 1. The van der Waals surface area contributed by atoms with Crippen molar-refractivity contribution in [3.63, 3.8) is 0 Å². The van der Waals surface area contributed by atoms with Crippen LogP contribution in [-0.4, -0.2) is 14.4 Å². The predicted molar refractivity (Wildman–Crippen MR) is 93.9 cm³/mol. The Labute approximate surface area is 129 Å². The van der Waals surface area contributed by atoms with Crippen LogP contribution in [0.25, 0.3) is 0 Å². The van der Waals surface area contributed by atoms with Gasteiger partial charge in [0.1, 0.15) is 0 Å². The predicted octanol–water partition coefficient (Wildman–Crippen LogP) is 6.01. The molecule has 0 fully saturated rings. The number of aryl methyl sites for hydroxylation is 1.